The van der Waals surface area contributed by atoms with Gasteiger partial charge in [0.15, 0.2) is 0 Å². The van der Waals surface area contributed by atoms with Gasteiger partial charge in [-0.1, -0.05) is 121 Å². The monoisotopic (exact) mass is 488 g/mol. The van der Waals surface area contributed by atoms with E-state index in [-0.39, 0.29) is 0 Å². The van der Waals surface area contributed by atoms with Gasteiger partial charge in [-0.3, -0.25) is 0 Å². The molecule has 0 N–H and O–H groups in total. The van der Waals surface area contributed by atoms with E-state index in [1.807, 2.05) is 12.1 Å². The normalized spacial score (nSPS) is 15.2. The van der Waals surface area contributed by atoms with Gasteiger partial charge < -0.3 is 0 Å². The molecule has 0 radical (unpaired) electrons. The van der Waals surface area contributed by atoms with Crippen molar-refractivity contribution in [3.05, 3.63) is 132 Å². The lowest BCUT2D eigenvalue weighted by molar-refractivity contribution is 1.51. The van der Waals surface area contributed by atoms with Gasteiger partial charge in [0.2, 0.25) is 14.8 Å². The summed E-state index contributed by atoms with van der Waals surface area (Å²) < 4.78 is 0. The largest absolute Gasteiger partial charge is 0.240 e. The highest BCUT2D eigenvalue weighted by atomic mass is 35.6. The Morgan fingerprint density at radius 1 is 0.469 bits per heavy atom. The van der Waals surface area contributed by atoms with E-state index in [0.717, 1.165) is 10.4 Å². The highest BCUT2D eigenvalue weighted by Crippen LogP contribution is 2.20. The summed E-state index contributed by atoms with van der Waals surface area (Å²) in [4.78, 5) is 0. The van der Waals surface area contributed by atoms with Crippen LogP contribution in [0.5, 0.6) is 0 Å². The predicted molar refractivity (Wildman–Crippen MR) is 146 cm³/mol. The summed E-state index contributed by atoms with van der Waals surface area (Å²) in [5.41, 5.74) is 6.93. The third kappa shape index (κ3) is 4.41. The number of aryl methyl sites for hydroxylation is 2. The van der Waals surface area contributed by atoms with Crippen molar-refractivity contribution in [3.63, 3.8) is 0 Å². The van der Waals surface area contributed by atoms with Crippen LogP contribution in [-0.4, -0.2) is 14.8 Å². The molecule has 0 bridgehead atoms. The third-order valence-corrected chi connectivity index (χ3v) is 15.9. The zero-order chi connectivity index (χ0) is 22.6. The van der Waals surface area contributed by atoms with Crippen molar-refractivity contribution in [1.29, 1.82) is 0 Å². The number of hydrogen-bond donors (Lipinski definition) is 0. The molecule has 0 aliphatic carbocycles. The Hall–Kier alpha value is -2.37. The Balaban J connectivity index is 1.93. The highest BCUT2D eigenvalue weighted by molar-refractivity contribution is 7.40. The van der Waals surface area contributed by atoms with Gasteiger partial charge in [0.1, 0.15) is 0 Å². The predicted octanol–water partition coefficient (Wildman–Crippen LogP) is 5.24. The molecule has 160 valence electrons. The molecule has 0 saturated carbocycles. The molecule has 0 amide bonds. The second-order valence-electron chi connectivity index (χ2n) is 8.12. The van der Waals surface area contributed by atoms with Gasteiger partial charge >= 0.3 is 0 Å². The third-order valence-electron chi connectivity index (χ3n) is 6.00. The molecule has 0 saturated heterocycles. The van der Waals surface area contributed by atoms with Crippen LogP contribution in [0.2, 0.25) is 0 Å². The minimum Gasteiger partial charge on any atom is -0.149 e. The van der Waals surface area contributed by atoms with Crippen LogP contribution < -0.4 is 20.7 Å². The van der Waals surface area contributed by atoms with Crippen LogP contribution in [0.15, 0.2) is 121 Å². The standard InChI is InChI=1S/C28H26Cl2Si2/c1-23-13-9-11-19-27(23)31(29,25-15-5-3-6-16-25)21-22-32(30,26-17-7-4-8-18-26)28-20-12-10-14-24(28)2/h3-22H,1-2H3/b22-21+. The summed E-state index contributed by atoms with van der Waals surface area (Å²) in [6, 6.07) is 37.8. The smallest absolute Gasteiger partial charge is 0.149 e. The SMILES string of the molecule is Cc1ccccc1[Si](Cl)(/C=C/[Si](Cl)(c1ccccc1)c1ccccc1C)c1ccccc1. The van der Waals surface area contributed by atoms with Crippen molar-refractivity contribution in [3.8, 4) is 0 Å². The second-order valence-corrected chi connectivity index (χ2v) is 17.4. The quantitative estimate of drug-likeness (QED) is 0.257. The van der Waals surface area contributed by atoms with Crippen molar-refractivity contribution in [2.24, 2.45) is 0 Å². The molecule has 0 aromatic heterocycles. The van der Waals surface area contributed by atoms with Crippen LogP contribution >= 0.6 is 22.2 Å². The van der Waals surface area contributed by atoms with Crippen LogP contribution in [0.1, 0.15) is 11.1 Å². The van der Waals surface area contributed by atoms with Crippen LogP contribution in [0, 0.1) is 13.8 Å². The second kappa shape index (κ2) is 9.64. The minimum atomic E-state index is -2.70. The summed E-state index contributed by atoms with van der Waals surface area (Å²) >= 11 is 15.3. The lowest BCUT2D eigenvalue weighted by Crippen LogP contribution is -2.57. The van der Waals surface area contributed by atoms with Gasteiger partial charge in [-0.25, -0.2) is 0 Å². The fraction of sp³-hybridized carbons (Fsp3) is 0.0714. The van der Waals surface area contributed by atoms with Crippen LogP contribution in [0.3, 0.4) is 0 Å². The first-order valence-electron chi connectivity index (χ1n) is 10.8. The lowest BCUT2D eigenvalue weighted by atomic mass is 10.2. The Kier molecular flexibility index (Phi) is 6.87. The summed E-state index contributed by atoms with van der Waals surface area (Å²) in [5.74, 6) is 0. The first-order valence-corrected chi connectivity index (χ1v) is 16.9. The van der Waals surface area contributed by atoms with Gasteiger partial charge in [-0.15, -0.1) is 22.2 Å². The number of halogens is 2. The van der Waals surface area contributed by atoms with Crippen molar-refractivity contribution < 1.29 is 0 Å². The van der Waals surface area contributed by atoms with Crippen molar-refractivity contribution in [2.75, 3.05) is 0 Å². The van der Waals surface area contributed by atoms with Crippen LogP contribution in [0.25, 0.3) is 0 Å². The number of rotatable bonds is 6. The maximum Gasteiger partial charge on any atom is 0.240 e. The van der Waals surface area contributed by atoms with Crippen molar-refractivity contribution in [2.45, 2.75) is 13.8 Å². The van der Waals surface area contributed by atoms with E-state index in [4.69, 9.17) is 22.2 Å². The van der Waals surface area contributed by atoms with E-state index in [1.54, 1.807) is 0 Å². The van der Waals surface area contributed by atoms with Crippen LogP contribution in [-0.2, 0) is 0 Å². The molecular weight excluding hydrogens is 463 g/mol. The van der Waals surface area contributed by atoms with Gasteiger partial charge in [-0.05, 0) is 45.7 Å². The average Bonchev–Trinajstić information content (AvgIpc) is 2.84. The topological polar surface area (TPSA) is 0 Å². The maximum absolute atomic E-state index is 7.63. The molecule has 0 aliphatic rings. The average molecular weight is 490 g/mol. The maximum atomic E-state index is 7.63. The van der Waals surface area contributed by atoms with E-state index in [0.29, 0.717) is 0 Å². The molecule has 0 fully saturated rings. The van der Waals surface area contributed by atoms with Crippen molar-refractivity contribution in [1.82, 2.24) is 0 Å². The molecule has 0 nitrogen and oxygen atoms in total. The Morgan fingerprint density at radius 3 is 1.12 bits per heavy atom. The Morgan fingerprint density at radius 2 is 0.781 bits per heavy atom. The zero-order valence-corrected chi connectivity index (χ0v) is 21.8. The molecule has 0 heterocycles. The fourth-order valence-electron chi connectivity index (χ4n) is 4.24. The summed E-state index contributed by atoms with van der Waals surface area (Å²) in [6.07, 6.45) is 0. The molecule has 2 unspecified atom stereocenters. The number of benzene rings is 4. The molecule has 4 aromatic rings. The number of hydrogen-bond acceptors (Lipinski definition) is 0. The van der Waals surface area contributed by atoms with Gasteiger partial charge in [0.25, 0.3) is 0 Å². The first-order chi connectivity index (χ1) is 15.4. The van der Waals surface area contributed by atoms with E-state index in [2.05, 4.69) is 122 Å². The fourth-order valence-corrected chi connectivity index (χ4v) is 13.9. The summed E-state index contributed by atoms with van der Waals surface area (Å²) in [6.45, 7) is 4.28. The van der Waals surface area contributed by atoms with E-state index in [1.165, 1.54) is 21.5 Å². The van der Waals surface area contributed by atoms with Gasteiger partial charge in [-0.2, -0.15) is 0 Å². The Bertz CT molecular complexity index is 1130. The lowest BCUT2D eigenvalue weighted by Gasteiger charge is -2.28. The zero-order valence-electron chi connectivity index (χ0n) is 18.3. The van der Waals surface area contributed by atoms with Crippen molar-refractivity contribution >= 4 is 57.7 Å². The summed E-state index contributed by atoms with van der Waals surface area (Å²) in [5, 5.41) is 4.74. The van der Waals surface area contributed by atoms with E-state index in [9.17, 15) is 0 Å². The minimum absolute atomic E-state index is 1.16. The van der Waals surface area contributed by atoms with Gasteiger partial charge in [0.05, 0.1) is 0 Å². The van der Waals surface area contributed by atoms with Crippen LogP contribution in [0.4, 0.5) is 0 Å². The van der Waals surface area contributed by atoms with Gasteiger partial charge in [0, 0.05) is 0 Å². The molecule has 0 spiro atoms. The molecule has 0 aliphatic heterocycles. The molecule has 2 atom stereocenters. The molecule has 4 aromatic carbocycles. The summed E-state index contributed by atoms with van der Waals surface area (Å²) in [7, 11) is -5.39. The van der Waals surface area contributed by atoms with E-state index < -0.39 is 14.8 Å². The Labute approximate surface area is 202 Å². The first kappa shape index (κ1) is 22.8. The molecule has 4 rings (SSSR count). The molecule has 4 heteroatoms. The molecular formula is C28H26Cl2Si2. The van der Waals surface area contributed by atoms with E-state index >= 15 is 0 Å². The highest BCUT2D eigenvalue weighted by Gasteiger charge is 2.39. The molecule has 32 heavy (non-hydrogen) atoms.